The lowest BCUT2D eigenvalue weighted by molar-refractivity contribution is -0.138. The van der Waals surface area contributed by atoms with Crippen LogP contribution in [-0.2, 0) is 11.0 Å². The van der Waals surface area contributed by atoms with E-state index in [0.29, 0.717) is 0 Å². The molecule has 1 amide bonds. The highest BCUT2D eigenvalue weighted by molar-refractivity contribution is 8.04. The quantitative estimate of drug-likeness (QED) is 0.254. The number of benzene rings is 1. The van der Waals surface area contributed by atoms with E-state index in [-0.39, 0.29) is 38.0 Å². The minimum Gasteiger partial charge on any atom is -0.401 e. The number of aromatic nitrogens is 2. The predicted molar refractivity (Wildman–Crippen MR) is 98.6 cm³/mol. The van der Waals surface area contributed by atoms with Gasteiger partial charge in [0.1, 0.15) is 5.03 Å². The third kappa shape index (κ3) is 5.12. The van der Waals surface area contributed by atoms with Crippen molar-refractivity contribution in [3.8, 4) is 11.3 Å². The summed E-state index contributed by atoms with van der Waals surface area (Å²) in [5.41, 5.74) is 5.33. The maximum absolute atomic E-state index is 13.3. The number of nitrogens with one attached hydrogen (secondary N) is 1. The highest BCUT2D eigenvalue weighted by Gasteiger charge is 2.30. The summed E-state index contributed by atoms with van der Waals surface area (Å²) in [5, 5.41) is 2.79. The Bertz CT molecular complexity index is 911. The number of hydrogen-bond acceptors (Lipinski definition) is 6. The number of amides is 1. The molecule has 0 aliphatic rings. The first kappa shape index (κ1) is 21.5. The van der Waals surface area contributed by atoms with Gasteiger partial charge in [-0.05, 0) is 25.1 Å². The van der Waals surface area contributed by atoms with Gasteiger partial charge in [0.05, 0.1) is 16.2 Å². The zero-order valence-corrected chi connectivity index (χ0v) is 16.0. The fraction of sp³-hybridized carbons (Fsp3) is 0.235. The van der Waals surface area contributed by atoms with Crippen molar-refractivity contribution >= 4 is 23.6 Å². The second-order valence-corrected chi connectivity index (χ2v) is 6.67. The van der Waals surface area contributed by atoms with Crippen molar-refractivity contribution in [1.82, 2.24) is 15.1 Å². The van der Waals surface area contributed by atoms with Gasteiger partial charge in [-0.15, -0.1) is 0 Å². The molecule has 0 atom stereocenters. The van der Waals surface area contributed by atoms with Crippen LogP contribution in [0.1, 0.15) is 12.5 Å². The maximum atomic E-state index is 13.3. The van der Waals surface area contributed by atoms with Gasteiger partial charge in [-0.3, -0.25) is 4.79 Å². The van der Waals surface area contributed by atoms with Crippen LogP contribution in [0.5, 0.6) is 0 Å². The Balaban J connectivity index is 2.50. The predicted octanol–water partition coefficient (Wildman–Crippen LogP) is 3.83. The molecule has 0 radical (unpaired) electrons. The molecule has 1 heterocycles. The largest absolute Gasteiger partial charge is 0.416 e. The van der Waals surface area contributed by atoms with Gasteiger partial charge in [0.15, 0.2) is 0 Å². The summed E-state index contributed by atoms with van der Waals surface area (Å²) >= 11 is 0.791. The summed E-state index contributed by atoms with van der Waals surface area (Å²) in [4.78, 5) is 20.2. The molecule has 11 heteroatoms. The molecular weight excluding hydrogens is 398 g/mol. The Morgan fingerprint density at radius 2 is 1.93 bits per heavy atom. The number of carbonyl (C=O) groups is 1. The number of nitrogens with zero attached hydrogens (tertiary/aromatic N) is 3. The summed E-state index contributed by atoms with van der Waals surface area (Å²) < 4.78 is 52.2. The molecule has 2 rings (SSSR count). The van der Waals surface area contributed by atoms with Gasteiger partial charge in [0.25, 0.3) is 5.91 Å². The number of allylic oxidation sites excluding steroid dienone is 1. The summed E-state index contributed by atoms with van der Waals surface area (Å²) in [6.45, 7) is 1.43. The van der Waals surface area contributed by atoms with E-state index in [1.165, 1.54) is 32.2 Å². The molecule has 0 aliphatic heterocycles. The lowest BCUT2D eigenvalue weighted by Gasteiger charge is -2.13. The van der Waals surface area contributed by atoms with Crippen LogP contribution in [-0.4, -0.2) is 35.1 Å². The molecule has 2 aromatic rings. The van der Waals surface area contributed by atoms with Crippen molar-refractivity contribution in [2.24, 2.45) is 5.73 Å². The molecule has 1 aromatic carbocycles. The molecule has 0 spiro atoms. The molecule has 0 saturated carbocycles. The zero-order valence-electron chi connectivity index (χ0n) is 15.1. The zero-order chi connectivity index (χ0) is 21.1. The summed E-state index contributed by atoms with van der Waals surface area (Å²) in [6.07, 6.45) is -4.50. The van der Waals surface area contributed by atoms with Crippen LogP contribution in [0.3, 0.4) is 0 Å². The van der Waals surface area contributed by atoms with Crippen molar-refractivity contribution in [1.29, 1.82) is 0 Å². The average Bonchev–Trinajstić information content (AvgIpc) is 2.64. The third-order valence-corrected chi connectivity index (χ3v) is 4.57. The number of rotatable bonds is 5. The summed E-state index contributed by atoms with van der Waals surface area (Å²) in [5.74, 6) is -0.845. The number of alkyl halides is 3. The molecule has 28 heavy (non-hydrogen) atoms. The van der Waals surface area contributed by atoms with Crippen LogP contribution in [0, 0.1) is 0 Å². The molecule has 6 nitrogen and oxygen atoms in total. The standard InChI is InChI=1S/C17H17F4N5OS/c1-9(22)14(15(27)26(3)21)28-13-8-12(24-16(23-2)25-13)10-5-4-6-11(7-10)17(18,19)20/h4-8H,22H2,1-3H3,(H,23,24,25)/b14-9+. The minimum absolute atomic E-state index is 0.0738. The first-order chi connectivity index (χ1) is 13.0. The van der Waals surface area contributed by atoms with E-state index < -0.39 is 17.6 Å². The number of hydrogen-bond donors (Lipinski definition) is 2. The van der Waals surface area contributed by atoms with E-state index in [4.69, 9.17) is 5.73 Å². The van der Waals surface area contributed by atoms with Crippen LogP contribution >= 0.6 is 11.8 Å². The fourth-order valence-electron chi connectivity index (χ4n) is 2.13. The average molecular weight is 415 g/mol. The van der Waals surface area contributed by atoms with Crippen LogP contribution in [0.25, 0.3) is 11.3 Å². The molecule has 0 saturated heterocycles. The van der Waals surface area contributed by atoms with Crippen molar-refractivity contribution in [2.75, 3.05) is 19.4 Å². The van der Waals surface area contributed by atoms with Gasteiger partial charge in [-0.2, -0.15) is 18.3 Å². The maximum Gasteiger partial charge on any atom is 0.416 e. The molecule has 1 aromatic heterocycles. The lowest BCUT2D eigenvalue weighted by Crippen LogP contribution is -2.20. The molecule has 0 bridgehead atoms. The Kier molecular flexibility index (Phi) is 6.49. The highest BCUT2D eigenvalue weighted by Crippen LogP contribution is 2.34. The SMILES string of the molecule is CNc1nc(S/C(C(=O)N(C)F)=C(\C)N)cc(-c2cccc(C(F)(F)F)c2)n1. The second-order valence-electron chi connectivity index (χ2n) is 5.64. The minimum atomic E-state index is -4.50. The van der Waals surface area contributed by atoms with E-state index in [1.54, 1.807) is 0 Å². The summed E-state index contributed by atoms with van der Waals surface area (Å²) in [6, 6.07) is 6.05. The smallest absolute Gasteiger partial charge is 0.401 e. The number of nitrogens with two attached hydrogens (primary N) is 1. The van der Waals surface area contributed by atoms with Crippen LogP contribution < -0.4 is 11.1 Å². The fourth-order valence-corrected chi connectivity index (χ4v) is 3.02. The number of likely N-dealkylation sites (N-methyl/N-ethyl adjacent to an activating group) is 1. The Morgan fingerprint density at radius 1 is 1.25 bits per heavy atom. The van der Waals surface area contributed by atoms with Crippen LogP contribution in [0.15, 0.2) is 46.0 Å². The van der Waals surface area contributed by atoms with Gasteiger partial charge in [0, 0.05) is 25.4 Å². The van der Waals surface area contributed by atoms with Crippen LogP contribution in [0.2, 0.25) is 0 Å². The van der Waals surface area contributed by atoms with Crippen molar-refractivity contribution in [3.63, 3.8) is 0 Å². The highest BCUT2D eigenvalue weighted by atomic mass is 32.2. The molecule has 0 aliphatic carbocycles. The normalized spacial score (nSPS) is 12.4. The Labute approximate surface area is 162 Å². The van der Waals surface area contributed by atoms with Gasteiger partial charge < -0.3 is 11.1 Å². The van der Waals surface area contributed by atoms with E-state index in [2.05, 4.69) is 15.3 Å². The van der Waals surface area contributed by atoms with Crippen LogP contribution in [0.4, 0.5) is 23.6 Å². The van der Waals surface area contributed by atoms with E-state index in [9.17, 15) is 22.4 Å². The molecule has 3 N–H and O–H groups in total. The van der Waals surface area contributed by atoms with Gasteiger partial charge in [-0.25, -0.2) is 9.97 Å². The lowest BCUT2D eigenvalue weighted by atomic mass is 10.1. The van der Waals surface area contributed by atoms with Gasteiger partial charge in [-0.1, -0.05) is 28.4 Å². The molecular formula is C17H17F4N5OS. The monoisotopic (exact) mass is 415 g/mol. The molecule has 150 valence electrons. The number of carbonyl (C=O) groups excluding carboxylic acids is 1. The van der Waals surface area contributed by atoms with Crippen molar-refractivity contribution in [3.05, 3.63) is 46.5 Å². The van der Waals surface area contributed by atoms with E-state index in [1.807, 2.05) is 0 Å². The Morgan fingerprint density at radius 3 is 2.46 bits per heavy atom. The van der Waals surface area contributed by atoms with Crippen molar-refractivity contribution in [2.45, 2.75) is 18.1 Å². The summed E-state index contributed by atoms with van der Waals surface area (Å²) in [7, 11) is 2.46. The molecule has 0 unspecified atom stereocenters. The number of anilines is 1. The number of thioether (sulfide) groups is 1. The second kappa shape index (κ2) is 8.46. The topological polar surface area (TPSA) is 84.1 Å². The molecule has 0 fully saturated rings. The third-order valence-electron chi connectivity index (χ3n) is 3.45. The van der Waals surface area contributed by atoms with Gasteiger partial charge >= 0.3 is 6.18 Å². The number of halogens is 4. The van der Waals surface area contributed by atoms with E-state index >= 15 is 0 Å². The van der Waals surface area contributed by atoms with E-state index in [0.717, 1.165) is 30.9 Å². The first-order valence-electron chi connectivity index (χ1n) is 7.85. The van der Waals surface area contributed by atoms with Gasteiger partial charge in [0.2, 0.25) is 5.95 Å². The first-order valence-corrected chi connectivity index (χ1v) is 8.67. The Hall–Kier alpha value is -2.82. The van der Waals surface area contributed by atoms with Crippen molar-refractivity contribution < 1.29 is 22.4 Å².